The highest BCUT2D eigenvalue weighted by Crippen LogP contribution is 2.27. The summed E-state index contributed by atoms with van der Waals surface area (Å²) in [5, 5.41) is 6.52. The molecule has 1 amide bonds. The van der Waals surface area contributed by atoms with E-state index in [4.69, 9.17) is 4.74 Å². The number of carbonyl (C=O) groups is 1. The van der Waals surface area contributed by atoms with Crippen LogP contribution in [0.4, 0.5) is 0 Å². The van der Waals surface area contributed by atoms with Crippen LogP contribution in [0.25, 0.3) is 0 Å². The summed E-state index contributed by atoms with van der Waals surface area (Å²) >= 11 is 0. The van der Waals surface area contributed by atoms with Crippen molar-refractivity contribution in [1.29, 1.82) is 0 Å². The van der Waals surface area contributed by atoms with Gasteiger partial charge in [0.05, 0.1) is 18.4 Å². The van der Waals surface area contributed by atoms with E-state index >= 15 is 0 Å². The lowest BCUT2D eigenvalue weighted by Gasteiger charge is -2.40. The Bertz CT molecular complexity index is 451. The van der Waals surface area contributed by atoms with Gasteiger partial charge in [-0.3, -0.25) is 9.89 Å². The second-order valence-electron chi connectivity index (χ2n) is 5.17. The Kier molecular flexibility index (Phi) is 4.75. The number of likely N-dealkylation sites (N-methyl/N-ethyl adjacent to an activating group) is 1. The molecule has 0 saturated carbocycles. The van der Waals surface area contributed by atoms with Crippen LogP contribution >= 0.6 is 0 Å². The first kappa shape index (κ1) is 15.3. The zero-order chi connectivity index (χ0) is 14.6. The van der Waals surface area contributed by atoms with Gasteiger partial charge in [0.15, 0.2) is 0 Å². The maximum Gasteiger partial charge on any atom is 0.272 e. The zero-order valence-corrected chi connectivity index (χ0v) is 12.5. The third kappa shape index (κ3) is 3.16. The fraction of sp³-hybridized carbons (Fsp3) is 0.571. The highest BCUT2D eigenvalue weighted by Gasteiger charge is 2.35. The summed E-state index contributed by atoms with van der Waals surface area (Å²) < 4.78 is 5.22. The monoisotopic (exact) mass is 265 g/mol. The van der Waals surface area contributed by atoms with Crippen molar-refractivity contribution in [3.63, 3.8) is 0 Å². The van der Waals surface area contributed by atoms with Crippen molar-refractivity contribution in [1.82, 2.24) is 15.1 Å². The molecule has 1 N–H and O–H groups in total. The van der Waals surface area contributed by atoms with Crippen LogP contribution in [0.3, 0.4) is 0 Å². The number of allylic oxidation sites excluding steroid dienone is 1. The van der Waals surface area contributed by atoms with Crippen molar-refractivity contribution >= 4 is 5.91 Å². The maximum absolute atomic E-state index is 12.4. The van der Waals surface area contributed by atoms with Gasteiger partial charge in [0.1, 0.15) is 5.69 Å². The summed E-state index contributed by atoms with van der Waals surface area (Å²) in [5.41, 5.74) is 0.0558. The molecule has 1 atom stereocenters. The molecule has 0 aliphatic rings. The topological polar surface area (TPSA) is 58.2 Å². The zero-order valence-electron chi connectivity index (χ0n) is 12.5. The Morgan fingerprint density at radius 3 is 2.63 bits per heavy atom. The predicted molar refractivity (Wildman–Crippen MR) is 74.7 cm³/mol. The molecule has 5 nitrogen and oxygen atoms in total. The molecule has 1 aromatic rings. The summed E-state index contributed by atoms with van der Waals surface area (Å²) in [7, 11) is 3.42. The number of methoxy groups -OCH3 is 1. The van der Waals surface area contributed by atoms with Gasteiger partial charge < -0.3 is 9.64 Å². The van der Waals surface area contributed by atoms with E-state index in [1.165, 1.54) is 0 Å². The van der Waals surface area contributed by atoms with E-state index in [0.717, 1.165) is 5.76 Å². The summed E-state index contributed by atoms with van der Waals surface area (Å²) in [4.78, 5) is 14.1. The number of ether oxygens (including phenoxy) is 1. The number of hydrogen-bond donors (Lipinski definition) is 1. The van der Waals surface area contributed by atoms with Crippen LogP contribution < -0.4 is 0 Å². The lowest BCUT2D eigenvalue weighted by Crippen LogP contribution is -2.50. The van der Waals surface area contributed by atoms with Crippen molar-refractivity contribution in [3.05, 3.63) is 29.8 Å². The first-order valence-corrected chi connectivity index (χ1v) is 6.34. The van der Waals surface area contributed by atoms with E-state index in [-0.39, 0.29) is 11.8 Å². The largest absolute Gasteiger partial charge is 0.502 e. The minimum absolute atomic E-state index is 0.0890. The fourth-order valence-electron chi connectivity index (χ4n) is 1.90. The van der Waals surface area contributed by atoms with Crippen LogP contribution in [0, 0.1) is 5.92 Å². The SMILES string of the molecule is CO/C(C)=C/[C@@](C)(C(C)C)N(C)C(=O)c1ccn[nH]1. The van der Waals surface area contributed by atoms with Gasteiger partial charge in [-0.05, 0) is 31.9 Å². The number of hydrogen-bond acceptors (Lipinski definition) is 3. The molecule has 0 aliphatic heterocycles. The van der Waals surface area contributed by atoms with Gasteiger partial charge in [-0.15, -0.1) is 0 Å². The average molecular weight is 265 g/mol. The second-order valence-corrected chi connectivity index (χ2v) is 5.17. The predicted octanol–water partition coefficient (Wildman–Crippen LogP) is 2.45. The summed E-state index contributed by atoms with van der Waals surface area (Å²) in [5.74, 6) is 0.948. The number of amides is 1. The number of aromatic nitrogens is 2. The molecule has 0 aliphatic carbocycles. The summed E-state index contributed by atoms with van der Waals surface area (Å²) in [6, 6.07) is 1.67. The van der Waals surface area contributed by atoms with Gasteiger partial charge in [0, 0.05) is 13.2 Å². The van der Waals surface area contributed by atoms with Crippen molar-refractivity contribution in [3.8, 4) is 0 Å². The molecule has 0 saturated heterocycles. The molecular formula is C14H23N3O2. The number of aromatic amines is 1. The molecule has 0 bridgehead atoms. The molecule has 19 heavy (non-hydrogen) atoms. The molecule has 5 heteroatoms. The highest BCUT2D eigenvalue weighted by molar-refractivity contribution is 5.92. The third-order valence-electron chi connectivity index (χ3n) is 3.74. The maximum atomic E-state index is 12.4. The highest BCUT2D eigenvalue weighted by atomic mass is 16.5. The van der Waals surface area contributed by atoms with Crippen molar-refractivity contribution in [2.24, 2.45) is 5.92 Å². The minimum Gasteiger partial charge on any atom is -0.502 e. The van der Waals surface area contributed by atoms with Crippen LogP contribution in [0.5, 0.6) is 0 Å². The van der Waals surface area contributed by atoms with Crippen LogP contribution in [0.2, 0.25) is 0 Å². The lowest BCUT2D eigenvalue weighted by atomic mass is 9.86. The van der Waals surface area contributed by atoms with E-state index in [1.807, 2.05) is 19.9 Å². The quantitative estimate of drug-likeness (QED) is 0.832. The Morgan fingerprint density at radius 1 is 1.58 bits per heavy atom. The van der Waals surface area contributed by atoms with Crippen LogP contribution in [0.1, 0.15) is 38.2 Å². The summed E-state index contributed by atoms with van der Waals surface area (Å²) in [6.07, 6.45) is 3.55. The molecule has 1 aromatic heterocycles. The lowest BCUT2D eigenvalue weighted by molar-refractivity contribution is 0.0581. The number of carbonyl (C=O) groups excluding carboxylic acids is 1. The molecule has 106 valence electrons. The Labute approximate surface area is 114 Å². The number of rotatable bonds is 5. The first-order chi connectivity index (χ1) is 8.82. The van der Waals surface area contributed by atoms with Gasteiger partial charge in [-0.1, -0.05) is 13.8 Å². The molecule has 0 fully saturated rings. The molecule has 0 radical (unpaired) electrons. The smallest absolute Gasteiger partial charge is 0.272 e. The van der Waals surface area contributed by atoms with E-state index in [2.05, 4.69) is 24.0 Å². The Morgan fingerprint density at radius 2 is 2.21 bits per heavy atom. The normalized spacial score (nSPS) is 15.2. The Balaban J connectivity index is 3.09. The van der Waals surface area contributed by atoms with E-state index in [1.54, 1.807) is 31.3 Å². The number of nitrogens with one attached hydrogen (secondary N) is 1. The van der Waals surface area contributed by atoms with Crippen molar-refractivity contribution in [2.45, 2.75) is 33.2 Å². The third-order valence-corrected chi connectivity index (χ3v) is 3.74. The Hall–Kier alpha value is -1.78. The standard InChI is InChI=1S/C14H23N3O2/c1-10(2)14(4,9-11(3)19-6)17(5)13(18)12-7-8-15-16-12/h7-10H,1-6H3,(H,15,16)/b11-9+/t14-/m0/s1. The molecule has 0 spiro atoms. The van der Waals surface area contributed by atoms with E-state index < -0.39 is 5.54 Å². The van der Waals surface area contributed by atoms with Crippen LogP contribution in [-0.2, 0) is 4.74 Å². The van der Waals surface area contributed by atoms with Crippen molar-refractivity contribution < 1.29 is 9.53 Å². The minimum atomic E-state index is -0.428. The van der Waals surface area contributed by atoms with Crippen LogP contribution in [0.15, 0.2) is 24.1 Å². The van der Waals surface area contributed by atoms with Gasteiger partial charge in [-0.2, -0.15) is 5.10 Å². The molecule has 0 aromatic carbocycles. The van der Waals surface area contributed by atoms with Gasteiger partial charge in [0.2, 0.25) is 0 Å². The summed E-state index contributed by atoms with van der Waals surface area (Å²) in [6.45, 7) is 8.07. The van der Waals surface area contributed by atoms with Gasteiger partial charge >= 0.3 is 0 Å². The van der Waals surface area contributed by atoms with Crippen LogP contribution in [-0.4, -0.2) is 40.7 Å². The fourth-order valence-corrected chi connectivity index (χ4v) is 1.90. The molecular weight excluding hydrogens is 242 g/mol. The molecule has 0 unspecified atom stereocenters. The van der Waals surface area contributed by atoms with Crippen molar-refractivity contribution in [2.75, 3.05) is 14.2 Å². The van der Waals surface area contributed by atoms with E-state index in [0.29, 0.717) is 5.69 Å². The van der Waals surface area contributed by atoms with Gasteiger partial charge in [0.25, 0.3) is 5.91 Å². The molecule has 1 heterocycles. The second kappa shape index (κ2) is 5.91. The number of H-pyrrole nitrogens is 1. The number of nitrogens with zero attached hydrogens (tertiary/aromatic N) is 2. The first-order valence-electron chi connectivity index (χ1n) is 6.34. The molecule has 1 rings (SSSR count). The average Bonchev–Trinajstić information content (AvgIpc) is 2.90. The van der Waals surface area contributed by atoms with E-state index in [9.17, 15) is 4.79 Å². The van der Waals surface area contributed by atoms with Gasteiger partial charge in [-0.25, -0.2) is 0 Å².